The van der Waals surface area contributed by atoms with Gasteiger partial charge in [-0.3, -0.25) is 9.78 Å². The van der Waals surface area contributed by atoms with Crippen LogP contribution in [0.1, 0.15) is 17.7 Å². The van der Waals surface area contributed by atoms with Crippen molar-refractivity contribution in [2.24, 2.45) is 5.92 Å². The quantitative estimate of drug-likeness (QED) is 0.367. The summed E-state index contributed by atoms with van der Waals surface area (Å²) in [5, 5.41) is 12.3. The molecule has 0 radical (unpaired) electrons. The molecule has 1 aliphatic rings. The summed E-state index contributed by atoms with van der Waals surface area (Å²) in [4.78, 5) is 32.0. The molecule has 5 rings (SSSR count). The lowest BCUT2D eigenvalue weighted by Gasteiger charge is -2.25. The number of carbonyl (C=O) groups is 1. The van der Waals surface area contributed by atoms with Crippen LogP contribution in [0.5, 0.6) is 0 Å². The van der Waals surface area contributed by atoms with Crippen LogP contribution in [0.25, 0.3) is 22.6 Å². The summed E-state index contributed by atoms with van der Waals surface area (Å²) in [6.45, 7) is 0.487. The van der Waals surface area contributed by atoms with Gasteiger partial charge >= 0.3 is 5.97 Å². The minimum absolute atomic E-state index is 0.00215. The summed E-state index contributed by atoms with van der Waals surface area (Å²) >= 11 is 0. The molecule has 1 saturated heterocycles. The number of H-pyrrole nitrogens is 1. The molecule has 0 saturated carbocycles. The molecule has 3 aromatic heterocycles. The standard InChI is InChI=1S/C24H21FN6O4/c25-17-5-3-15(4-6-17)19-20(31-21(30-19)23-34-12-16(13-35-23)22(32)33)18-7-9-27-24(29-18)28-11-14-2-1-8-26-10-14/h1-10,16,23H,11-13H2,(H,30,31)(H,32,33)(H,27,28,29). The molecule has 1 fully saturated rings. The van der Waals surface area contributed by atoms with Gasteiger partial charge in [0, 0.05) is 30.7 Å². The first-order valence-electron chi connectivity index (χ1n) is 10.8. The van der Waals surface area contributed by atoms with E-state index in [2.05, 4.69) is 30.2 Å². The van der Waals surface area contributed by atoms with Crippen molar-refractivity contribution in [3.8, 4) is 22.6 Å². The smallest absolute Gasteiger partial charge is 0.311 e. The van der Waals surface area contributed by atoms with E-state index in [9.17, 15) is 9.18 Å². The third kappa shape index (κ3) is 5.15. The van der Waals surface area contributed by atoms with Gasteiger partial charge in [0.15, 0.2) is 5.82 Å². The molecule has 1 aromatic carbocycles. The molecule has 0 spiro atoms. The third-order valence-corrected chi connectivity index (χ3v) is 5.39. The summed E-state index contributed by atoms with van der Waals surface area (Å²) in [6.07, 6.45) is 4.20. The van der Waals surface area contributed by atoms with Gasteiger partial charge in [0.1, 0.15) is 11.7 Å². The van der Waals surface area contributed by atoms with Crippen LogP contribution >= 0.6 is 0 Å². The molecule has 4 heterocycles. The highest BCUT2D eigenvalue weighted by Crippen LogP contribution is 2.33. The van der Waals surface area contributed by atoms with Crippen LogP contribution < -0.4 is 5.32 Å². The maximum absolute atomic E-state index is 13.6. The number of aromatic nitrogens is 5. The average Bonchev–Trinajstić information content (AvgIpc) is 3.34. The highest BCUT2D eigenvalue weighted by Gasteiger charge is 2.31. The Bertz CT molecular complexity index is 1310. The zero-order valence-electron chi connectivity index (χ0n) is 18.4. The molecule has 0 amide bonds. The molecule has 10 nitrogen and oxygen atoms in total. The molecule has 0 aliphatic carbocycles. The van der Waals surface area contributed by atoms with Crippen LogP contribution in [0.4, 0.5) is 10.3 Å². The van der Waals surface area contributed by atoms with E-state index < -0.39 is 18.2 Å². The molecule has 35 heavy (non-hydrogen) atoms. The maximum atomic E-state index is 13.6. The topological polar surface area (TPSA) is 135 Å². The van der Waals surface area contributed by atoms with Crippen LogP contribution in [-0.4, -0.2) is 49.2 Å². The predicted octanol–water partition coefficient (Wildman–Crippen LogP) is 3.43. The van der Waals surface area contributed by atoms with Crippen molar-refractivity contribution in [2.45, 2.75) is 12.8 Å². The summed E-state index contributed by atoms with van der Waals surface area (Å²) < 4.78 is 24.8. The van der Waals surface area contributed by atoms with Crippen molar-refractivity contribution in [3.05, 3.63) is 78.3 Å². The SMILES string of the molecule is O=C(O)C1COC(c2nc(-c3ccc(F)cc3)c(-c3ccnc(NCc4cccnc4)n3)[nH]2)OC1. The predicted molar refractivity (Wildman–Crippen MR) is 122 cm³/mol. The molecule has 1 aliphatic heterocycles. The minimum Gasteiger partial charge on any atom is -0.481 e. The van der Waals surface area contributed by atoms with Gasteiger partial charge in [-0.15, -0.1) is 0 Å². The number of anilines is 1. The second kappa shape index (κ2) is 9.95. The number of carboxylic acids is 1. The second-order valence-electron chi connectivity index (χ2n) is 7.87. The van der Waals surface area contributed by atoms with Gasteiger partial charge in [-0.2, -0.15) is 0 Å². The molecule has 11 heteroatoms. The normalized spacial score (nSPS) is 17.7. The first-order chi connectivity index (χ1) is 17.1. The van der Waals surface area contributed by atoms with E-state index in [1.54, 1.807) is 36.8 Å². The number of hydrogen-bond acceptors (Lipinski definition) is 8. The van der Waals surface area contributed by atoms with E-state index in [4.69, 9.17) is 14.6 Å². The van der Waals surface area contributed by atoms with Gasteiger partial charge in [0.25, 0.3) is 0 Å². The Morgan fingerprint density at radius 3 is 2.63 bits per heavy atom. The minimum atomic E-state index is -0.983. The molecule has 178 valence electrons. The number of aliphatic carboxylic acids is 1. The highest BCUT2D eigenvalue weighted by molar-refractivity contribution is 5.77. The van der Waals surface area contributed by atoms with E-state index in [1.165, 1.54) is 12.1 Å². The fourth-order valence-electron chi connectivity index (χ4n) is 3.58. The van der Waals surface area contributed by atoms with E-state index >= 15 is 0 Å². The summed E-state index contributed by atoms with van der Waals surface area (Å²) in [5.41, 5.74) is 3.26. The van der Waals surface area contributed by atoms with Crippen LogP contribution in [-0.2, 0) is 20.8 Å². The summed E-state index contributed by atoms with van der Waals surface area (Å²) in [7, 11) is 0. The van der Waals surface area contributed by atoms with Gasteiger partial charge in [0.05, 0.1) is 30.3 Å². The van der Waals surface area contributed by atoms with E-state index in [0.29, 0.717) is 41.0 Å². The van der Waals surface area contributed by atoms with Crippen LogP contribution in [0.15, 0.2) is 61.1 Å². The van der Waals surface area contributed by atoms with Crippen molar-refractivity contribution in [1.82, 2.24) is 24.9 Å². The summed E-state index contributed by atoms with van der Waals surface area (Å²) in [5.74, 6) is -1.34. The van der Waals surface area contributed by atoms with Crippen molar-refractivity contribution in [1.29, 1.82) is 0 Å². The fourth-order valence-corrected chi connectivity index (χ4v) is 3.58. The number of rotatable bonds is 7. The number of halogens is 1. The van der Waals surface area contributed by atoms with Gasteiger partial charge in [0.2, 0.25) is 12.2 Å². The van der Waals surface area contributed by atoms with Crippen molar-refractivity contribution < 1.29 is 23.8 Å². The first-order valence-corrected chi connectivity index (χ1v) is 10.8. The molecule has 0 bridgehead atoms. The number of carboxylic acid groups (broad SMARTS) is 1. The molecule has 0 unspecified atom stereocenters. The lowest BCUT2D eigenvalue weighted by Crippen LogP contribution is -2.32. The number of hydrogen-bond donors (Lipinski definition) is 3. The highest BCUT2D eigenvalue weighted by atomic mass is 19.1. The molecule has 0 atom stereocenters. The largest absolute Gasteiger partial charge is 0.481 e. The third-order valence-electron chi connectivity index (χ3n) is 5.39. The second-order valence-corrected chi connectivity index (χ2v) is 7.87. The number of imidazole rings is 1. The van der Waals surface area contributed by atoms with Gasteiger partial charge in [-0.1, -0.05) is 6.07 Å². The zero-order valence-corrected chi connectivity index (χ0v) is 18.4. The average molecular weight is 476 g/mol. The Kier molecular flexibility index (Phi) is 6.42. The van der Waals surface area contributed by atoms with Gasteiger partial charge < -0.3 is 24.9 Å². The maximum Gasteiger partial charge on any atom is 0.311 e. The Hall–Kier alpha value is -4.22. The summed E-state index contributed by atoms with van der Waals surface area (Å²) in [6, 6.07) is 11.4. The van der Waals surface area contributed by atoms with Gasteiger partial charge in [-0.25, -0.2) is 19.3 Å². The number of benzene rings is 1. The van der Waals surface area contributed by atoms with E-state index in [1.807, 2.05) is 12.1 Å². The monoisotopic (exact) mass is 476 g/mol. The lowest BCUT2D eigenvalue weighted by molar-refractivity contribution is -0.214. The van der Waals surface area contributed by atoms with Crippen LogP contribution in [0.3, 0.4) is 0 Å². The molecule has 3 N–H and O–H groups in total. The Morgan fingerprint density at radius 2 is 1.91 bits per heavy atom. The number of pyridine rings is 1. The number of aromatic amines is 1. The number of ether oxygens (including phenoxy) is 2. The van der Waals surface area contributed by atoms with Crippen LogP contribution in [0.2, 0.25) is 0 Å². The molecular formula is C24H21FN6O4. The van der Waals surface area contributed by atoms with Crippen molar-refractivity contribution in [3.63, 3.8) is 0 Å². The van der Waals surface area contributed by atoms with Crippen molar-refractivity contribution >= 4 is 11.9 Å². The zero-order chi connectivity index (χ0) is 24.2. The van der Waals surface area contributed by atoms with Gasteiger partial charge in [-0.05, 0) is 42.0 Å². The Balaban J connectivity index is 1.45. The van der Waals surface area contributed by atoms with E-state index in [-0.39, 0.29) is 19.0 Å². The molecular weight excluding hydrogens is 455 g/mol. The van der Waals surface area contributed by atoms with Crippen molar-refractivity contribution in [2.75, 3.05) is 18.5 Å². The van der Waals surface area contributed by atoms with Crippen LogP contribution in [0, 0.1) is 11.7 Å². The number of nitrogens with zero attached hydrogens (tertiary/aromatic N) is 4. The Morgan fingerprint density at radius 1 is 1.11 bits per heavy atom. The first kappa shape index (κ1) is 22.6. The number of nitrogens with one attached hydrogen (secondary N) is 2. The lowest BCUT2D eigenvalue weighted by atomic mass is 10.1. The molecule has 4 aromatic rings. The fraction of sp³-hybridized carbons (Fsp3) is 0.208. The van der Waals surface area contributed by atoms with E-state index in [0.717, 1.165) is 5.56 Å². The Labute approximate surface area is 199 Å².